The van der Waals surface area contributed by atoms with Crippen LogP contribution < -0.4 is 11.1 Å². The number of carbonyl (C=O) groups is 1. The van der Waals surface area contributed by atoms with Gasteiger partial charge in [0.15, 0.2) is 0 Å². The van der Waals surface area contributed by atoms with Gasteiger partial charge in [-0.2, -0.15) is 0 Å². The van der Waals surface area contributed by atoms with Crippen molar-refractivity contribution < 1.29 is 4.79 Å². The second kappa shape index (κ2) is 4.74. The second-order valence-corrected chi connectivity index (χ2v) is 5.57. The first-order valence-electron chi connectivity index (χ1n) is 6.73. The molecule has 2 rings (SSSR count). The lowest BCUT2D eigenvalue weighted by Crippen LogP contribution is -2.58. The van der Waals surface area contributed by atoms with Crippen molar-refractivity contribution in [2.75, 3.05) is 6.54 Å². The van der Waals surface area contributed by atoms with Crippen molar-refractivity contribution in [2.24, 2.45) is 17.6 Å². The summed E-state index contributed by atoms with van der Waals surface area (Å²) in [5.74, 6) is 1.50. The number of nitrogens with two attached hydrogens (primary N) is 1. The number of amides is 1. The van der Waals surface area contributed by atoms with Gasteiger partial charge in [0.05, 0.1) is 5.54 Å². The average Bonchev–Trinajstić information content (AvgIpc) is 3.10. The third-order valence-electron chi connectivity index (χ3n) is 4.26. The van der Waals surface area contributed by atoms with Gasteiger partial charge in [0.2, 0.25) is 5.91 Å². The first kappa shape index (κ1) is 11.9. The van der Waals surface area contributed by atoms with E-state index in [4.69, 9.17) is 5.73 Å². The minimum atomic E-state index is -0.387. The molecule has 0 aromatic heterocycles. The zero-order chi connectivity index (χ0) is 11.6. The maximum Gasteiger partial charge on any atom is 0.237 e. The molecule has 0 saturated heterocycles. The van der Waals surface area contributed by atoms with Gasteiger partial charge in [-0.1, -0.05) is 19.8 Å². The van der Waals surface area contributed by atoms with Gasteiger partial charge in [-0.3, -0.25) is 4.79 Å². The lowest BCUT2D eigenvalue weighted by Gasteiger charge is -2.39. The molecule has 2 fully saturated rings. The zero-order valence-corrected chi connectivity index (χ0v) is 10.3. The van der Waals surface area contributed by atoms with Gasteiger partial charge >= 0.3 is 0 Å². The quantitative estimate of drug-likeness (QED) is 0.748. The standard InChI is InChI=1S/C13H24N2O/c1-2-8-15-13(12(14)16)7-3-4-11(9-13)10-5-6-10/h10-11,15H,2-9H2,1H3,(H2,14,16). The first-order chi connectivity index (χ1) is 7.68. The number of nitrogens with one attached hydrogen (secondary N) is 1. The molecule has 3 N–H and O–H groups in total. The van der Waals surface area contributed by atoms with Crippen LogP contribution in [0.25, 0.3) is 0 Å². The summed E-state index contributed by atoms with van der Waals surface area (Å²) < 4.78 is 0. The molecule has 3 heteroatoms. The Labute approximate surface area is 98.2 Å². The van der Waals surface area contributed by atoms with Gasteiger partial charge in [-0.25, -0.2) is 0 Å². The molecule has 0 aliphatic heterocycles. The molecule has 2 saturated carbocycles. The number of hydrogen-bond acceptors (Lipinski definition) is 2. The number of hydrogen-bond donors (Lipinski definition) is 2. The summed E-state index contributed by atoms with van der Waals surface area (Å²) in [5.41, 5.74) is 5.24. The Morgan fingerprint density at radius 2 is 2.12 bits per heavy atom. The van der Waals surface area contributed by atoms with E-state index in [-0.39, 0.29) is 11.4 Å². The topological polar surface area (TPSA) is 55.1 Å². The molecule has 2 unspecified atom stereocenters. The van der Waals surface area contributed by atoms with Gasteiger partial charge in [0, 0.05) is 0 Å². The highest BCUT2D eigenvalue weighted by molar-refractivity contribution is 5.84. The highest BCUT2D eigenvalue weighted by Crippen LogP contribution is 2.46. The van der Waals surface area contributed by atoms with Crippen molar-refractivity contribution in [2.45, 2.75) is 57.4 Å². The summed E-state index contributed by atoms with van der Waals surface area (Å²) in [6.07, 6.45) is 8.16. The largest absolute Gasteiger partial charge is 0.368 e. The molecule has 2 aliphatic carbocycles. The van der Waals surface area contributed by atoms with Crippen molar-refractivity contribution in [1.82, 2.24) is 5.32 Å². The molecule has 0 heterocycles. The Bertz CT molecular complexity index is 263. The van der Waals surface area contributed by atoms with Gasteiger partial charge in [-0.05, 0) is 50.5 Å². The molecule has 0 radical (unpaired) electrons. The molecule has 3 nitrogen and oxygen atoms in total. The normalized spacial score (nSPS) is 34.9. The Morgan fingerprint density at radius 3 is 2.69 bits per heavy atom. The highest BCUT2D eigenvalue weighted by Gasteiger charge is 2.44. The van der Waals surface area contributed by atoms with Crippen molar-refractivity contribution in [3.8, 4) is 0 Å². The summed E-state index contributed by atoms with van der Waals surface area (Å²) in [6, 6.07) is 0. The van der Waals surface area contributed by atoms with Crippen LogP contribution in [0.4, 0.5) is 0 Å². The van der Waals surface area contributed by atoms with Gasteiger partial charge in [0.1, 0.15) is 0 Å². The van der Waals surface area contributed by atoms with Gasteiger partial charge in [0.25, 0.3) is 0 Å². The lowest BCUT2D eigenvalue weighted by atomic mass is 9.73. The molecule has 0 aromatic rings. The second-order valence-electron chi connectivity index (χ2n) is 5.57. The SMILES string of the molecule is CCCNC1(C(N)=O)CCCC(C2CC2)C1. The predicted octanol–water partition coefficient (Wildman–Crippen LogP) is 1.81. The van der Waals surface area contributed by atoms with Crippen LogP contribution >= 0.6 is 0 Å². The van der Waals surface area contributed by atoms with E-state index in [0.717, 1.165) is 44.1 Å². The minimum absolute atomic E-state index is 0.133. The Balaban J connectivity index is 2.01. The van der Waals surface area contributed by atoms with Crippen LogP contribution in [0, 0.1) is 11.8 Å². The van der Waals surface area contributed by atoms with E-state index in [2.05, 4.69) is 12.2 Å². The van der Waals surface area contributed by atoms with E-state index in [9.17, 15) is 4.79 Å². The van der Waals surface area contributed by atoms with E-state index in [1.165, 1.54) is 19.3 Å². The fourth-order valence-electron chi connectivity index (χ4n) is 3.12. The number of rotatable bonds is 5. The summed E-state index contributed by atoms with van der Waals surface area (Å²) in [7, 11) is 0. The minimum Gasteiger partial charge on any atom is -0.368 e. The third-order valence-corrected chi connectivity index (χ3v) is 4.26. The summed E-state index contributed by atoms with van der Waals surface area (Å²) in [4.78, 5) is 11.7. The van der Waals surface area contributed by atoms with Crippen LogP contribution in [0.5, 0.6) is 0 Å². The van der Waals surface area contributed by atoms with E-state index >= 15 is 0 Å². The van der Waals surface area contributed by atoms with Gasteiger partial charge < -0.3 is 11.1 Å². The van der Waals surface area contributed by atoms with E-state index < -0.39 is 0 Å². The summed E-state index contributed by atoms with van der Waals surface area (Å²) >= 11 is 0. The monoisotopic (exact) mass is 224 g/mol. The molecule has 2 aliphatic rings. The highest BCUT2D eigenvalue weighted by atomic mass is 16.1. The maximum atomic E-state index is 11.7. The van der Waals surface area contributed by atoms with Crippen molar-refractivity contribution >= 4 is 5.91 Å². The molecule has 0 aromatic carbocycles. The van der Waals surface area contributed by atoms with Crippen LogP contribution in [-0.2, 0) is 4.79 Å². The molecule has 1 amide bonds. The van der Waals surface area contributed by atoms with Crippen LogP contribution in [0.15, 0.2) is 0 Å². The van der Waals surface area contributed by atoms with E-state index in [1.807, 2.05) is 0 Å². The first-order valence-corrected chi connectivity index (χ1v) is 6.73. The number of carbonyl (C=O) groups excluding carboxylic acids is 1. The number of primary amides is 1. The fraction of sp³-hybridized carbons (Fsp3) is 0.923. The summed E-state index contributed by atoms with van der Waals surface area (Å²) in [6.45, 7) is 3.03. The Kier molecular flexibility index (Phi) is 3.53. The maximum absolute atomic E-state index is 11.7. The lowest BCUT2D eigenvalue weighted by molar-refractivity contribution is -0.126. The molecule has 0 bridgehead atoms. The van der Waals surface area contributed by atoms with E-state index in [1.54, 1.807) is 0 Å². The van der Waals surface area contributed by atoms with Crippen LogP contribution in [-0.4, -0.2) is 18.0 Å². The Hall–Kier alpha value is -0.570. The average molecular weight is 224 g/mol. The molecular weight excluding hydrogens is 200 g/mol. The Morgan fingerprint density at radius 1 is 1.38 bits per heavy atom. The molecular formula is C13H24N2O. The fourth-order valence-corrected chi connectivity index (χ4v) is 3.12. The van der Waals surface area contributed by atoms with Crippen molar-refractivity contribution in [3.05, 3.63) is 0 Å². The smallest absolute Gasteiger partial charge is 0.237 e. The molecule has 16 heavy (non-hydrogen) atoms. The zero-order valence-electron chi connectivity index (χ0n) is 10.3. The van der Waals surface area contributed by atoms with Crippen LogP contribution in [0.3, 0.4) is 0 Å². The van der Waals surface area contributed by atoms with Crippen LogP contribution in [0.2, 0.25) is 0 Å². The third kappa shape index (κ3) is 2.40. The summed E-state index contributed by atoms with van der Waals surface area (Å²) in [5, 5.41) is 3.42. The predicted molar refractivity (Wildman–Crippen MR) is 64.9 cm³/mol. The van der Waals surface area contributed by atoms with Gasteiger partial charge in [-0.15, -0.1) is 0 Å². The van der Waals surface area contributed by atoms with Crippen molar-refractivity contribution in [3.63, 3.8) is 0 Å². The molecule has 2 atom stereocenters. The molecule has 92 valence electrons. The molecule has 0 spiro atoms. The van der Waals surface area contributed by atoms with E-state index in [0.29, 0.717) is 0 Å². The van der Waals surface area contributed by atoms with Crippen molar-refractivity contribution in [1.29, 1.82) is 0 Å². The van der Waals surface area contributed by atoms with Crippen LogP contribution in [0.1, 0.15) is 51.9 Å².